The second kappa shape index (κ2) is 11.7. The summed E-state index contributed by atoms with van der Waals surface area (Å²) in [5.41, 5.74) is 7.47. The molecule has 0 aromatic heterocycles. The van der Waals surface area contributed by atoms with Crippen molar-refractivity contribution in [2.24, 2.45) is 0 Å². The number of benzene rings is 7. The molecule has 0 saturated carbocycles. The lowest BCUT2D eigenvalue weighted by Crippen LogP contribution is -2.44. The van der Waals surface area contributed by atoms with Crippen LogP contribution in [0.15, 0.2) is 153 Å². The van der Waals surface area contributed by atoms with E-state index in [4.69, 9.17) is 0 Å². The van der Waals surface area contributed by atoms with Crippen molar-refractivity contribution in [2.75, 3.05) is 9.80 Å². The fraction of sp³-hybridized carbons (Fsp3) is 0.136. The standard InChI is InChI=1S/C44H40N2S2Si2/c1-49(2,3)43-31-25-23-30(46-37-17-9-13-21-41(37)48-42-22-14-10-18-38(42)46)28-34(31)44(50(4,5)6)32-26-24-29(27-33(32)43)45-35-15-7-11-19-39(35)47-40-20-12-8-16-36(40)45/h7-28H,1-6H3. The summed E-state index contributed by atoms with van der Waals surface area (Å²) >= 11 is 3.74. The van der Waals surface area contributed by atoms with Gasteiger partial charge in [-0.2, -0.15) is 0 Å². The van der Waals surface area contributed by atoms with Crippen molar-refractivity contribution < 1.29 is 0 Å². The lowest BCUT2D eigenvalue weighted by molar-refractivity contribution is 1.17. The first-order valence-corrected chi connectivity index (χ1v) is 26.1. The second-order valence-electron chi connectivity index (χ2n) is 15.5. The molecule has 50 heavy (non-hydrogen) atoms. The Morgan fingerprint density at radius 3 is 0.960 bits per heavy atom. The average Bonchev–Trinajstić information content (AvgIpc) is 3.10. The summed E-state index contributed by atoms with van der Waals surface area (Å²) in [4.78, 5) is 10.2. The first-order chi connectivity index (χ1) is 24.1. The number of anilines is 6. The van der Waals surface area contributed by atoms with E-state index in [2.05, 4.69) is 183 Å². The Morgan fingerprint density at radius 1 is 0.360 bits per heavy atom. The van der Waals surface area contributed by atoms with Gasteiger partial charge in [-0.15, -0.1) is 0 Å². The summed E-state index contributed by atoms with van der Waals surface area (Å²) in [5, 5.41) is 8.83. The van der Waals surface area contributed by atoms with Gasteiger partial charge < -0.3 is 9.80 Å². The van der Waals surface area contributed by atoms with Gasteiger partial charge in [-0.1, -0.05) is 123 Å². The van der Waals surface area contributed by atoms with Gasteiger partial charge in [0.1, 0.15) is 0 Å². The van der Waals surface area contributed by atoms with Crippen LogP contribution in [0.25, 0.3) is 21.5 Å². The maximum absolute atomic E-state index is 2.53. The fourth-order valence-corrected chi connectivity index (χ4v) is 14.3. The minimum Gasteiger partial charge on any atom is -0.308 e. The topological polar surface area (TPSA) is 6.48 Å². The molecule has 2 aliphatic heterocycles. The quantitative estimate of drug-likeness (QED) is 0.132. The number of hydrogen-bond donors (Lipinski definition) is 0. The van der Waals surface area contributed by atoms with E-state index in [0.717, 1.165) is 0 Å². The van der Waals surface area contributed by atoms with Crippen molar-refractivity contribution in [1.29, 1.82) is 0 Å². The minimum atomic E-state index is -1.86. The molecule has 0 radical (unpaired) electrons. The average molecular weight is 717 g/mol. The third-order valence-corrected chi connectivity index (χ3v) is 16.3. The van der Waals surface area contributed by atoms with Gasteiger partial charge in [0.05, 0.1) is 38.9 Å². The lowest BCUT2D eigenvalue weighted by atomic mass is 10.0. The molecule has 6 heteroatoms. The van der Waals surface area contributed by atoms with Crippen LogP contribution in [-0.2, 0) is 0 Å². The van der Waals surface area contributed by atoms with E-state index < -0.39 is 16.1 Å². The molecule has 9 rings (SSSR count). The molecule has 0 unspecified atom stereocenters. The third kappa shape index (κ3) is 5.07. The molecule has 2 nitrogen and oxygen atoms in total. The lowest BCUT2D eigenvalue weighted by Gasteiger charge is -2.35. The molecule has 0 atom stereocenters. The van der Waals surface area contributed by atoms with Crippen LogP contribution in [0.5, 0.6) is 0 Å². The molecule has 0 amide bonds. The van der Waals surface area contributed by atoms with Crippen LogP contribution in [0, 0.1) is 0 Å². The molecule has 0 saturated heterocycles. The molecule has 0 aliphatic carbocycles. The Hall–Kier alpha value is -4.21. The fourth-order valence-electron chi connectivity index (χ4n) is 8.06. The van der Waals surface area contributed by atoms with E-state index in [0.29, 0.717) is 0 Å². The number of nitrogens with zero attached hydrogens (tertiary/aromatic N) is 2. The van der Waals surface area contributed by atoms with Crippen molar-refractivity contribution in [3.63, 3.8) is 0 Å². The zero-order valence-corrected chi connectivity index (χ0v) is 33.0. The SMILES string of the molecule is C[Si](C)(C)c1c2ccc(N3c4ccccc4Sc4ccccc43)cc2c([Si](C)(C)C)c2ccc(N3c4ccccc4Sc4ccccc43)cc12. The van der Waals surface area contributed by atoms with Crippen LogP contribution in [0.2, 0.25) is 39.3 Å². The molecular weight excluding hydrogens is 677 g/mol. The Bertz CT molecular complexity index is 2230. The normalized spacial score (nSPS) is 14.0. The predicted octanol–water partition coefficient (Wildman–Crippen LogP) is 13.0. The first-order valence-electron chi connectivity index (χ1n) is 17.4. The molecule has 7 aromatic rings. The van der Waals surface area contributed by atoms with Crippen LogP contribution in [0.4, 0.5) is 34.1 Å². The predicted molar refractivity (Wildman–Crippen MR) is 225 cm³/mol. The van der Waals surface area contributed by atoms with Gasteiger partial charge in [-0.25, -0.2) is 0 Å². The molecule has 0 spiro atoms. The number of para-hydroxylation sites is 4. The summed E-state index contributed by atoms with van der Waals surface area (Å²) in [6, 6.07) is 50.1. The third-order valence-electron chi connectivity index (χ3n) is 9.96. The van der Waals surface area contributed by atoms with Crippen LogP contribution < -0.4 is 20.2 Å². The van der Waals surface area contributed by atoms with Gasteiger partial charge >= 0.3 is 0 Å². The van der Waals surface area contributed by atoms with E-state index in [9.17, 15) is 0 Å². The zero-order chi connectivity index (χ0) is 34.4. The smallest absolute Gasteiger partial charge is 0.0792 e. The van der Waals surface area contributed by atoms with Crippen molar-refractivity contribution in [1.82, 2.24) is 0 Å². The van der Waals surface area contributed by atoms with Crippen molar-refractivity contribution in [3.05, 3.63) is 133 Å². The summed E-state index contributed by atoms with van der Waals surface area (Å²) in [6.07, 6.45) is 0. The van der Waals surface area contributed by atoms with Crippen molar-refractivity contribution in [3.8, 4) is 0 Å². The highest BCUT2D eigenvalue weighted by atomic mass is 32.2. The number of hydrogen-bond acceptors (Lipinski definition) is 4. The Labute approximate surface area is 306 Å². The molecule has 0 fully saturated rings. The molecule has 0 bridgehead atoms. The molecule has 246 valence electrons. The van der Waals surface area contributed by atoms with Crippen LogP contribution in [-0.4, -0.2) is 16.1 Å². The van der Waals surface area contributed by atoms with E-state index in [-0.39, 0.29) is 0 Å². The molecule has 2 aliphatic rings. The molecular formula is C44H40N2S2Si2. The van der Waals surface area contributed by atoms with E-state index in [1.54, 1.807) is 10.4 Å². The maximum atomic E-state index is 2.53. The Morgan fingerprint density at radius 2 is 0.660 bits per heavy atom. The van der Waals surface area contributed by atoms with Gasteiger partial charge in [-0.3, -0.25) is 0 Å². The number of rotatable bonds is 4. The van der Waals surface area contributed by atoms with Gasteiger partial charge in [0, 0.05) is 31.0 Å². The van der Waals surface area contributed by atoms with Gasteiger partial charge in [0.2, 0.25) is 0 Å². The summed E-state index contributed by atoms with van der Waals surface area (Å²) in [5.74, 6) is 0. The van der Waals surface area contributed by atoms with Crippen molar-refractivity contribution in [2.45, 2.75) is 58.9 Å². The van der Waals surface area contributed by atoms with E-state index in [1.807, 2.05) is 23.5 Å². The summed E-state index contributed by atoms with van der Waals surface area (Å²) < 4.78 is 0. The van der Waals surface area contributed by atoms with Crippen molar-refractivity contribution >= 4 is 106 Å². The Balaban J connectivity index is 1.33. The van der Waals surface area contributed by atoms with Crippen LogP contribution in [0.1, 0.15) is 0 Å². The first kappa shape index (κ1) is 31.8. The largest absolute Gasteiger partial charge is 0.308 e. The van der Waals surface area contributed by atoms with Crippen LogP contribution >= 0.6 is 23.5 Å². The Kier molecular flexibility index (Phi) is 7.41. The summed E-state index contributed by atoms with van der Waals surface area (Å²) in [7, 11) is -3.71. The van der Waals surface area contributed by atoms with E-state index in [1.165, 1.54) is 75.3 Å². The van der Waals surface area contributed by atoms with Gasteiger partial charge in [0.15, 0.2) is 0 Å². The van der Waals surface area contributed by atoms with Gasteiger partial charge in [0.25, 0.3) is 0 Å². The molecule has 0 N–H and O–H groups in total. The van der Waals surface area contributed by atoms with Gasteiger partial charge in [-0.05, 0) is 105 Å². The highest BCUT2D eigenvalue weighted by molar-refractivity contribution is 8.00. The van der Waals surface area contributed by atoms with E-state index >= 15 is 0 Å². The maximum Gasteiger partial charge on any atom is 0.0792 e. The molecule has 2 heterocycles. The highest BCUT2D eigenvalue weighted by Gasteiger charge is 2.32. The van der Waals surface area contributed by atoms with Crippen LogP contribution in [0.3, 0.4) is 0 Å². The highest BCUT2D eigenvalue weighted by Crippen LogP contribution is 2.53. The second-order valence-corrected chi connectivity index (χ2v) is 27.6. The molecule has 7 aromatic carbocycles. The summed E-state index contributed by atoms with van der Waals surface area (Å²) in [6.45, 7) is 15.1. The number of fused-ring (bicyclic) bond motifs is 6. The monoisotopic (exact) mass is 716 g/mol. The minimum absolute atomic E-state index is 1.23. The zero-order valence-electron chi connectivity index (χ0n) is 29.4.